The summed E-state index contributed by atoms with van der Waals surface area (Å²) in [6.45, 7) is 6.66. The van der Waals surface area contributed by atoms with Crippen LogP contribution in [0, 0.1) is 6.92 Å². The van der Waals surface area contributed by atoms with E-state index in [2.05, 4.69) is 87.3 Å². The van der Waals surface area contributed by atoms with Crippen LogP contribution >= 0.6 is 27.0 Å². The molecule has 0 N–H and O–H groups in total. The number of hydrogen-bond donors (Lipinski definition) is 0. The molecule has 2 aromatic rings. The van der Waals surface area contributed by atoms with Crippen molar-refractivity contribution in [1.82, 2.24) is 4.90 Å². The van der Waals surface area contributed by atoms with Crippen LogP contribution in [0.5, 0.6) is 0 Å². The van der Waals surface area contributed by atoms with Gasteiger partial charge >= 0.3 is 0 Å². The van der Waals surface area contributed by atoms with Gasteiger partial charge in [0.25, 0.3) is 0 Å². The van der Waals surface area contributed by atoms with E-state index in [1.165, 1.54) is 16.7 Å². The van der Waals surface area contributed by atoms with Crippen LogP contribution in [0.1, 0.15) is 42.6 Å². The summed E-state index contributed by atoms with van der Waals surface area (Å²) in [5, 5.41) is 0. The molecule has 116 valence electrons. The van der Waals surface area contributed by atoms with E-state index >= 15 is 0 Å². The highest BCUT2D eigenvalue weighted by Crippen LogP contribution is 2.28. The standard InChI is InChI=1S/C18H23N.2H2S/c1-14-10-12-18(13-11-14)16(3)19(4)15(2)17-8-6-5-7-9-17;;/h5-13,15-16H,1-4H3;2*1H2/t15?,16-;;/m0../s1. The molecule has 0 saturated carbocycles. The lowest BCUT2D eigenvalue weighted by molar-refractivity contribution is 0.199. The third kappa shape index (κ3) is 5.10. The van der Waals surface area contributed by atoms with Crippen molar-refractivity contribution in [3.63, 3.8) is 0 Å². The number of benzene rings is 2. The molecule has 1 unspecified atom stereocenters. The number of nitrogens with zero attached hydrogens (tertiary/aromatic N) is 1. The predicted molar refractivity (Wildman–Crippen MR) is 103 cm³/mol. The second-order valence-electron chi connectivity index (χ2n) is 5.34. The Morgan fingerprint density at radius 3 is 1.62 bits per heavy atom. The molecule has 21 heavy (non-hydrogen) atoms. The van der Waals surface area contributed by atoms with Gasteiger partial charge in [0.1, 0.15) is 0 Å². The molecule has 0 saturated heterocycles. The fraction of sp³-hybridized carbons (Fsp3) is 0.333. The smallest absolute Gasteiger partial charge is 0.0322 e. The molecule has 0 amide bonds. The molecular formula is C18H27NS2. The van der Waals surface area contributed by atoms with Gasteiger partial charge in [-0.3, -0.25) is 4.90 Å². The molecule has 0 aliphatic rings. The van der Waals surface area contributed by atoms with Gasteiger partial charge in [0.2, 0.25) is 0 Å². The monoisotopic (exact) mass is 321 g/mol. The molecule has 0 fully saturated rings. The molecule has 0 aromatic heterocycles. The zero-order valence-corrected chi connectivity index (χ0v) is 15.3. The summed E-state index contributed by atoms with van der Waals surface area (Å²) in [5.41, 5.74) is 4.05. The van der Waals surface area contributed by atoms with E-state index in [4.69, 9.17) is 0 Å². The van der Waals surface area contributed by atoms with Crippen LogP contribution in [0.25, 0.3) is 0 Å². The topological polar surface area (TPSA) is 3.24 Å². The van der Waals surface area contributed by atoms with Crippen LogP contribution < -0.4 is 0 Å². The van der Waals surface area contributed by atoms with Gasteiger partial charge in [0.15, 0.2) is 0 Å². The molecule has 3 heteroatoms. The molecule has 2 atom stereocenters. The Morgan fingerprint density at radius 2 is 1.14 bits per heavy atom. The van der Waals surface area contributed by atoms with Crippen molar-refractivity contribution in [2.24, 2.45) is 0 Å². The summed E-state index contributed by atoms with van der Waals surface area (Å²) in [6, 6.07) is 20.3. The average Bonchev–Trinajstić information content (AvgIpc) is 2.46. The first kappa shape index (κ1) is 20.1. The summed E-state index contributed by atoms with van der Waals surface area (Å²) >= 11 is 0. The van der Waals surface area contributed by atoms with Gasteiger partial charge in [-0.2, -0.15) is 27.0 Å². The minimum Gasteiger partial charge on any atom is -0.293 e. The second-order valence-corrected chi connectivity index (χ2v) is 5.34. The lowest BCUT2D eigenvalue weighted by Crippen LogP contribution is -2.25. The van der Waals surface area contributed by atoms with Gasteiger partial charge in [0.05, 0.1) is 0 Å². The quantitative estimate of drug-likeness (QED) is 0.768. The molecular weight excluding hydrogens is 294 g/mol. The minimum atomic E-state index is 0. The van der Waals surface area contributed by atoms with E-state index < -0.39 is 0 Å². The summed E-state index contributed by atoms with van der Waals surface area (Å²) in [4.78, 5) is 2.42. The Balaban J connectivity index is 0.00000200. The molecule has 0 heterocycles. The van der Waals surface area contributed by atoms with E-state index in [1.54, 1.807) is 0 Å². The van der Waals surface area contributed by atoms with E-state index in [0.717, 1.165) is 0 Å². The highest BCUT2D eigenvalue weighted by molar-refractivity contribution is 7.59. The van der Waals surface area contributed by atoms with E-state index in [-0.39, 0.29) is 27.0 Å². The van der Waals surface area contributed by atoms with Crippen molar-refractivity contribution in [2.45, 2.75) is 32.9 Å². The first-order valence-corrected chi connectivity index (χ1v) is 6.93. The van der Waals surface area contributed by atoms with Crippen LogP contribution in [-0.2, 0) is 0 Å². The Bertz CT molecular complexity index is 511. The van der Waals surface area contributed by atoms with Gasteiger partial charge in [-0.25, -0.2) is 0 Å². The maximum atomic E-state index is 2.42. The van der Waals surface area contributed by atoms with Crippen molar-refractivity contribution in [2.75, 3.05) is 7.05 Å². The summed E-state index contributed by atoms with van der Waals surface area (Å²) in [5.74, 6) is 0. The van der Waals surface area contributed by atoms with Crippen LogP contribution in [-0.4, -0.2) is 11.9 Å². The first-order valence-electron chi connectivity index (χ1n) is 6.93. The van der Waals surface area contributed by atoms with E-state index in [1.807, 2.05) is 0 Å². The van der Waals surface area contributed by atoms with Gasteiger partial charge in [-0.05, 0) is 38.9 Å². The fourth-order valence-electron chi connectivity index (χ4n) is 2.38. The van der Waals surface area contributed by atoms with Crippen molar-refractivity contribution in [3.05, 3.63) is 71.3 Å². The fourth-order valence-corrected chi connectivity index (χ4v) is 2.38. The lowest BCUT2D eigenvalue weighted by atomic mass is 10.0. The summed E-state index contributed by atoms with van der Waals surface area (Å²) in [7, 11) is 2.20. The van der Waals surface area contributed by atoms with Gasteiger partial charge in [-0.15, -0.1) is 0 Å². The Hall–Kier alpha value is -0.900. The third-order valence-electron chi connectivity index (χ3n) is 4.06. The number of hydrogen-bond acceptors (Lipinski definition) is 1. The molecule has 0 aliphatic heterocycles. The highest BCUT2D eigenvalue weighted by Gasteiger charge is 2.18. The Kier molecular flexibility index (Phi) is 8.79. The largest absolute Gasteiger partial charge is 0.293 e. The van der Waals surface area contributed by atoms with Crippen LogP contribution in [0.4, 0.5) is 0 Å². The first-order chi connectivity index (χ1) is 9.09. The summed E-state index contributed by atoms with van der Waals surface area (Å²) < 4.78 is 0. The van der Waals surface area contributed by atoms with Gasteiger partial charge in [-0.1, -0.05) is 60.2 Å². The van der Waals surface area contributed by atoms with Crippen LogP contribution in [0.2, 0.25) is 0 Å². The van der Waals surface area contributed by atoms with Crippen molar-refractivity contribution in [1.29, 1.82) is 0 Å². The molecule has 0 aliphatic carbocycles. The Labute approximate surface area is 143 Å². The molecule has 0 radical (unpaired) electrons. The van der Waals surface area contributed by atoms with Crippen molar-refractivity contribution >= 4 is 27.0 Å². The molecule has 0 spiro atoms. The number of aryl methyl sites for hydroxylation is 1. The van der Waals surface area contributed by atoms with E-state index in [9.17, 15) is 0 Å². The Morgan fingerprint density at radius 1 is 0.714 bits per heavy atom. The van der Waals surface area contributed by atoms with Crippen molar-refractivity contribution < 1.29 is 0 Å². The van der Waals surface area contributed by atoms with Gasteiger partial charge < -0.3 is 0 Å². The molecule has 2 rings (SSSR count). The highest BCUT2D eigenvalue weighted by atomic mass is 32.1. The van der Waals surface area contributed by atoms with Gasteiger partial charge in [0, 0.05) is 12.1 Å². The zero-order chi connectivity index (χ0) is 13.8. The maximum Gasteiger partial charge on any atom is 0.0322 e. The molecule has 0 bridgehead atoms. The second kappa shape index (κ2) is 9.19. The van der Waals surface area contributed by atoms with Crippen LogP contribution in [0.15, 0.2) is 54.6 Å². The predicted octanol–water partition coefficient (Wildman–Crippen LogP) is 4.97. The minimum absolute atomic E-state index is 0. The number of rotatable bonds is 4. The molecule has 2 aromatic carbocycles. The third-order valence-corrected chi connectivity index (χ3v) is 4.06. The van der Waals surface area contributed by atoms with Crippen LogP contribution in [0.3, 0.4) is 0 Å². The SMILES string of the molecule is Cc1ccc([C@H](C)N(C)C(C)c2ccccc2)cc1.S.S. The molecule has 1 nitrogen and oxygen atoms in total. The average molecular weight is 322 g/mol. The zero-order valence-electron chi connectivity index (χ0n) is 13.3. The van der Waals surface area contributed by atoms with Crippen molar-refractivity contribution in [3.8, 4) is 0 Å². The normalized spacial score (nSPS) is 13.0. The van der Waals surface area contributed by atoms with E-state index in [0.29, 0.717) is 12.1 Å². The lowest BCUT2D eigenvalue weighted by Gasteiger charge is -2.31. The maximum absolute atomic E-state index is 2.42. The summed E-state index contributed by atoms with van der Waals surface area (Å²) in [6.07, 6.45) is 0.